The molecule has 0 aromatic heterocycles. The zero-order valence-corrected chi connectivity index (χ0v) is 13.9. The third kappa shape index (κ3) is 3.40. The van der Waals surface area contributed by atoms with Gasteiger partial charge in [0.2, 0.25) is 5.91 Å². The molecular weight excluding hydrogens is 298 g/mol. The van der Waals surface area contributed by atoms with Crippen molar-refractivity contribution in [3.8, 4) is 0 Å². The molecule has 0 radical (unpaired) electrons. The Morgan fingerprint density at radius 3 is 2.79 bits per heavy atom. The second-order valence-electron chi connectivity index (χ2n) is 6.40. The molecule has 1 fully saturated rings. The molecule has 2 aromatic rings. The number of carbonyl (C=O) groups is 2. The summed E-state index contributed by atoms with van der Waals surface area (Å²) in [5, 5.41) is 2.08. The molecule has 0 spiro atoms. The Bertz CT molecular complexity index is 760. The van der Waals surface area contributed by atoms with Crippen LogP contribution in [0.2, 0.25) is 0 Å². The van der Waals surface area contributed by atoms with E-state index in [-0.39, 0.29) is 17.6 Å². The van der Waals surface area contributed by atoms with Gasteiger partial charge < -0.3 is 4.90 Å². The van der Waals surface area contributed by atoms with E-state index in [2.05, 4.69) is 6.58 Å². The van der Waals surface area contributed by atoms with Gasteiger partial charge in [-0.25, -0.2) is 0 Å². The van der Waals surface area contributed by atoms with Crippen LogP contribution in [0.4, 0.5) is 0 Å². The Balaban J connectivity index is 1.79. The van der Waals surface area contributed by atoms with Crippen LogP contribution in [0.3, 0.4) is 0 Å². The van der Waals surface area contributed by atoms with Crippen LogP contribution in [0.5, 0.6) is 0 Å². The molecule has 0 aliphatic carbocycles. The summed E-state index contributed by atoms with van der Waals surface area (Å²) in [6.45, 7) is 4.96. The summed E-state index contributed by atoms with van der Waals surface area (Å²) < 4.78 is 0. The molecule has 1 aliphatic heterocycles. The molecule has 0 saturated carbocycles. The van der Waals surface area contributed by atoms with Crippen LogP contribution in [-0.2, 0) is 4.79 Å². The van der Waals surface area contributed by atoms with E-state index >= 15 is 0 Å². The van der Waals surface area contributed by atoms with E-state index in [9.17, 15) is 9.59 Å². The van der Waals surface area contributed by atoms with Crippen molar-refractivity contribution < 1.29 is 9.59 Å². The van der Waals surface area contributed by atoms with Crippen LogP contribution in [0.15, 0.2) is 55.1 Å². The molecule has 1 unspecified atom stereocenters. The van der Waals surface area contributed by atoms with Crippen molar-refractivity contribution in [2.45, 2.75) is 25.7 Å². The summed E-state index contributed by atoms with van der Waals surface area (Å²) in [6.07, 6.45) is 4.69. The number of likely N-dealkylation sites (tertiary alicyclic amines) is 1. The lowest BCUT2D eigenvalue weighted by atomic mass is 9.88. The summed E-state index contributed by atoms with van der Waals surface area (Å²) in [5.74, 6) is 0.190. The van der Waals surface area contributed by atoms with Gasteiger partial charge in [-0.3, -0.25) is 9.59 Å². The number of hydrogen-bond acceptors (Lipinski definition) is 2. The molecule has 2 aromatic carbocycles. The Morgan fingerprint density at radius 1 is 1.17 bits per heavy atom. The largest absolute Gasteiger partial charge is 0.342 e. The fraction of sp³-hybridized carbons (Fsp3) is 0.333. The number of hydrogen-bond donors (Lipinski definition) is 0. The first-order chi connectivity index (χ1) is 11.7. The number of benzene rings is 2. The van der Waals surface area contributed by atoms with E-state index in [1.165, 1.54) is 0 Å². The lowest BCUT2D eigenvalue weighted by Crippen LogP contribution is -2.42. The second-order valence-corrected chi connectivity index (χ2v) is 6.40. The van der Waals surface area contributed by atoms with Crippen molar-refractivity contribution in [1.29, 1.82) is 0 Å². The maximum atomic E-state index is 13.0. The predicted molar refractivity (Wildman–Crippen MR) is 97.0 cm³/mol. The van der Waals surface area contributed by atoms with Gasteiger partial charge in [-0.2, -0.15) is 0 Å². The number of piperidine rings is 1. The van der Waals surface area contributed by atoms with Crippen molar-refractivity contribution in [3.63, 3.8) is 0 Å². The zero-order chi connectivity index (χ0) is 16.9. The van der Waals surface area contributed by atoms with Gasteiger partial charge in [0.1, 0.15) is 0 Å². The molecule has 1 atom stereocenters. The van der Waals surface area contributed by atoms with Gasteiger partial charge in [-0.1, -0.05) is 48.5 Å². The van der Waals surface area contributed by atoms with Crippen molar-refractivity contribution >= 4 is 22.5 Å². The van der Waals surface area contributed by atoms with Crippen LogP contribution in [0.25, 0.3) is 10.8 Å². The van der Waals surface area contributed by atoms with Crippen molar-refractivity contribution in [1.82, 2.24) is 4.90 Å². The van der Waals surface area contributed by atoms with Gasteiger partial charge in [0.15, 0.2) is 5.78 Å². The van der Waals surface area contributed by atoms with Crippen LogP contribution < -0.4 is 0 Å². The maximum absolute atomic E-state index is 13.0. The summed E-state index contributed by atoms with van der Waals surface area (Å²) in [7, 11) is 0. The normalized spacial score (nSPS) is 17.7. The minimum Gasteiger partial charge on any atom is -0.342 e. The average molecular weight is 321 g/mol. The minimum absolute atomic E-state index is 0.0998. The van der Waals surface area contributed by atoms with E-state index in [4.69, 9.17) is 0 Å². The highest BCUT2D eigenvalue weighted by Gasteiger charge is 2.29. The smallest absolute Gasteiger partial charge is 0.222 e. The Morgan fingerprint density at radius 2 is 1.96 bits per heavy atom. The minimum atomic E-state index is -0.0998. The van der Waals surface area contributed by atoms with Gasteiger partial charge in [0.05, 0.1) is 0 Å². The highest BCUT2D eigenvalue weighted by atomic mass is 16.2. The Hall–Kier alpha value is -2.42. The molecular formula is C21H23NO2. The average Bonchev–Trinajstić information content (AvgIpc) is 2.65. The number of rotatable bonds is 5. The molecule has 0 bridgehead atoms. The van der Waals surface area contributed by atoms with Crippen molar-refractivity contribution in [3.05, 3.63) is 60.7 Å². The van der Waals surface area contributed by atoms with E-state index < -0.39 is 0 Å². The standard InChI is InChI=1S/C21H23NO2/c1-2-3-13-20(23)22-14-7-10-17(15-22)21(24)19-12-6-9-16-8-4-5-11-18(16)19/h2,4-6,8-9,11-12,17H,1,3,7,10,13-15H2. The van der Waals surface area contributed by atoms with Gasteiger partial charge in [0.25, 0.3) is 0 Å². The fourth-order valence-electron chi connectivity index (χ4n) is 3.46. The monoisotopic (exact) mass is 321 g/mol. The molecule has 1 aliphatic rings. The topological polar surface area (TPSA) is 37.4 Å². The van der Waals surface area contributed by atoms with E-state index in [1.807, 2.05) is 47.4 Å². The lowest BCUT2D eigenvalue weighted by Gasteiger charge is -2.32. The Labute approximate surface area is 143 Å². The molecule has 3 heteroatoms. The number of carbonyl (C=O) groups excluding carboxylic acids is 2. The third-order valence-electron chi connectivity index (χ3n) is 4.76. The highest BCUT2D eigenvalue weighted by molar-refractivity contribution is 6.09. The molecule has 1 amide bonds. The number of nitrogens with zero attached hydrogens (tertiary/aromatic N) is 1. The van der Waals surface area contributed by atoms with Gasteiger partial charge in [-0.15, -0.1) is 6.58 Å². The van der Waals surface area contributed by atoms with Gasteiger partial charge in [-0.05, 0) is 30.0 Å². The molecule has 124 valence electrons. The quantitative estimate of drug-likeness (QED) is 0.610. The first kappa shape index (κ1) is 16.4. The number of fused-ring (bicyclic) bond motifs is 1. The lowest BCUT2D eigenvalue weighted by molar-refractivity contribution is -0.132. The summed E-state index contributed by atoms with van der Waals surface area (Å²) >= 11 is 0. The van der Waals surface area contributed by atoms with E-state index in [1.54, 1.807) is 6.08 Å². The van der Waals surface area contributed by atoms with Crippen molar-refractivity contribution in [2.75, 3.05) is 13.1 Å². The first-order valence-corrected chi connectivity index (χ1v) is 8.61. The number of Topliss-reactive ketones (excluding diaryl/α,β-unsaturated/α-hetero) is 1. The maximum Gasteiger partial charge on any atom is 0.222 e. The first-order valence-electron chi connectivity index (χ1n) is 8.61. The van der Waals surface area contributed by atoms with Gasteiger partial charge in [0, 0.05) is 31.0 Å². The summed E-state index contributed by atoms with van der Waals surface area (Å²) in [5.41, 5.74) is 0.776. The number of ketones is 1. The molecule has 3 nitrogen and oxygen atoms in total. The fourth-order valence-corrected chi connectivity index (χ4v) is 3.46. The van der Waals surface area contributed by atoms with Crippen LogP contribution in [0.1, 0.15) is 36.0 Å². The number of allylic oxidation sites excluding steroid dienone is 1. The molecule has 1 heterocycles. The SMILES string of the molecule is C=CCCC(=O)N1CCCC(C(=O)c2cccc3ccccc23)C1. The van der Waals surface area contributed by atoms with Crippen LogP contribution in [-0.4, -0.2) is 29.7 Å². The third-order valence-corrected chi connectivity index (χ3v) is 4.76. The summed E-state index contributed by atoms with van der Waals surface area (Å²) in [4.78, 5) is 27.1. The summed E-state index contributed by atoms with van der Waals surface area (Å²) in [6, 6.07) is 13.8. The second kappa shape index (κ2) is 7.43. The zero-order valence-electron chi connectivity index (χ0n) is 13.9. The molecule has 0 N–H and O–H groups in total. The number of amides is 1. The van der Waals surface area contributed by atoms with Crippen LogP contribution >= 0.6 is 0 Å². The predicted octanol–water partition coefficient (Wildman–Crippen LogP) is 4.23. The van der Waals surface area contributed by atoms with Gasteiger partial charge >= 0.3 is 0 Å². The molecule has 24 heavy (non-hydrogen) atoms. The Kier molecular flexibility index (Phi) is 5.09. The van der Waals surface area contributed by atoms with E-state index in [0.717, 1.165) is 35.7 Å². The molecule has 1 saturated heterocycles. The van der Waals surface area contributed by atoms with Crippen LogP contribution in [0, 0.1) is 5.92 Å². The highest BCUT2D eigenvalue weighted by Crippen LogP contribution is 2.26. The van der Waals surface area contributed by atoms with E-state index in [0.29, 0.717) is 19.4 Å². The molecule has 3 rings (SSSR count). The van der Waals surface area contributed by atoms with Crippen molar-refractivity contribution in [2.24, 2.45) is 5.92 Å².